The molecular weight excluding hydrogens is 404 g/mol. The van der Waals surface area contributed by atoms with Gasteiger partial charge in [0.05, 0.1) is 0 Å². The van der Waals surface area contributed by atoms with Crippen LogP contribution in [0.2, 0.25) is 0 Å². The quantitative estimate of drug-likeness (QED) is 0.299. The minimum absolute atomic E-state index is 0.0324. The molecule has 166 valence electrons. The van der Waals surface area contributed by atoms with Crippen LogP contribution in [0.25, 0.3) is 10.9 Å². The summed E-state index contributed by atoms with van der Waals surface area (Å²) in [4.78, 5) is 24.6. The van der Waals surface area contributed by atoms with Gasteiger partial charge in [0.15, 0.2) is 0 Å². The molecule has 1 aromatic heterocycles. The number of rotatable bonds is 6. The number of amides is 2. The number of nitrogens with zero attached hydrogens (tertiary/aromatic N) is 1. The number of hydrogen-bond acceptors (Lipinski definition) is 4. The van der Waals surface area contributed by atoms with E-state index in [-0.39, 0.29) is 23.8 Å². The Morgan fingerprint density at radius 2 is 1.62 bits per heavy atom. The summed E-state index contributed by atoms with van der Waals surface area (Å²) >= 11 is 0. The highest BCUT2D eigenvalue weighted by Gasteiger charge is 2.23. The van der Waals surface area contributed by atoms with E-state index in [1.807, 2.05) is 34.9 Å². The number of nitrogens with two attached hydrogens (primary N) is 3. The SMILES string of the molecule is N=C(N)c1ccc2cc(C(=O)N[C@H]3CC[C@H](N)CC3)n(Cc3ccc(C(N)=O)cc3)c2c1. The third-order valence-electron chi connectivity index (χ3n) is 6.13. The molecule has 2 aromatic carbocycles. The third kappa shape index (κ3) is 4.50. The first-order chi connectivity index (χ1) is 15.3. The average molecular weight is 433 g/mol. The van der Waals surface area contributed by atoms with Crippen molar-refractivity contribution in [2.45, 2.75) is 44.3 Å². The average Bonchev–Trinajstić information content (AvgIpc) is 3.13. The van der Waals surface area contributed by atoms with Gasteiger partial charge in [-0.1, -0.05) is 24.3 Å². The number of nitrogen functional groups attached to an aromatic ring is 1. The highest BCUT2D eigenvalue weighted by atomic mass is 16.2. The summed E-state index contributed by atoms with van der Waals surface area (Å²) < 4.78 is 1.92. The van der Waals surface area contributed by atoms with Gasteiger partial charge in [0.1, 0.15) is 11.5 Å². The first-order valence-corrected chi connectivity index (χ1v) is 10.7. The topological polar surface area (TPSA) is 153 Å². The van der Waals surface area contributed by atoms with E-state index in [4.69, 9.17) is 22.6 Å². The minimum Gasteiger partial charge on any atom is -0.384 e. The van der Waals surface area contributed by atoms with Gasteiger partial charge < -0.3 is 27.1 Å². The number of carbonyl (C=O) groups is 2. The molecule has 3 aromatic rings. The van der Waals surface area contributed by atoms with Crippen molar-refractivity contribution in [3.8, 4) is 0 Å². The Morgan fingerprint density at radius 3 is 2.25 bits per heavy atom. The molecule has 1 aliphatic carbocycles. The van der Waals surface area contributed by atoms with Gasteiger partial charge in [0.25, 0.3) is 5.91 Å². The Hall–Kier alpha value is -3.65. The molecule has 0 aliphatic heterocycles. The molecule has 0 atom stereocenters. The van der Waals surface area contributed by atoms with Crippen molar-refractivity contribution in [3.63, 3.8) is 0 Å². The Morgan fingerprint density at radius 1 is 0.969 bits per heavy atom. The summed E-state index contributed by atoms with van der Waals surface area (Å²) in [6.07, 6.45) is 3.55. The van der Waals surface area contributed by atoms with Gasteiger partial charge in [-0.05, 0) is 55.5 Å². The molecule has 1 aliphatic rings. The number of amidine groups is 1. The van der Waals surface area contributed by atoms with E-state index < -0.39 is 5.91 Å². The molecule has 4 rings (SSSR count). The molecule has 0 unspecified atom stereocenters. The zero-order valence-corrected chi connectivity index (χ0v) is 17.8. The van der Waals surface area contributed by atoms with Crippen LogP contribution in [0.1, 0.15) is 57.7 Å². The fraction of sp³-hybridized carbons (Fsp3) is 0.292. The van der Waals surface area contributed by atoms with E-state index in [2.05, 4.69) is 5.32 Å². The van der Waals surface area contributed by atoms with Gasteiger partial charge in [-0.25, -0.2) is 0 Å². The predicted molar refractivity (Wildman–Crippen MR) is 125 cm³/mol. The van der Waals surface area contributed by atoms with Crippen LogP contribution in [0, 0.1) is 5.41 Å². The maximum atomic E-state index is 13.2. The monoisotopic (exact) mass is 432 g/mol. The lowest BCUT2D eigenvalue weighted by atomic mass is 9.92. The van der Waals surface area contributed by atoms with E-state index in [0.717, 1.165) is 42.1 Å². The molecular formula is C24H28N6O2. The van der Waals surface area contributed by atoms with Crippen LogP contribution in [0.4, 0.5) is 0 Å². The van der Waals surface area contributed by atoms with Crippen molar-refractivity contribution in [2.24, 2.45) is 17.2 Å². The number of hydrogen-bond donors (Lipinski definition) is 5. The predicted octanol–water partition coefficient (Wildman–Crippen LogP) is 2.07. The summed E-state index contributed by atoms with van der Waals surface area (Å²) in [6.45, 7) is 0.419. The van der Waals surface area contributed by atoms with Crippen molar-refractivity contribution >= 4 is 28.6 Å². The molecule has 0 spiro atoms. The van der Waals surface area contributed by atoms with Crippen molar-refractivity contribution in [3.05, 3.63) is 70.9 Å². The van der Waals surface area contributed by atoms with E-state index in [0.29, 0.717) is 23.4 Å². The standard InChI is InChI=1S/C24H28N6O2/c25-18-7-9-19(10-8-18)29-24(32)21-11-16-5-6-17(22(26)27)12-20(16)30(21)13-14-1-3-15(4-2-14)23(28)31/h1-6,11-12,18-19H,7-10,13,25H2,(H3,26,27)(H2,28,31)(H,29,32)/t18-,19-. The fourth-order valence-corrected chi connectivity index (χ4v) is 4.26. The fourth-order valence-electron chi connectivity index (χ4n) is 4.26. The number of carbonyl (C=O) groups excluding carboxylic acids is 2. The van der Waals surface area contributed by atoms with Gasteiger partial charge >= 0.3 is 0 Å². The number of benzene rings is 2. The lowest BCUT2D eigenvalue weighted by Gasteiger charge is -2.27. The number of fused-ring (bicyclic) bond motifs is 1. The molecule has 32 heavy (non-hydrogen) atoms. The smallest absolute Gasteiger partial charge is 0.268 e. The molecule has 8 N–H and O–H groups in total. The highest BCUT2D eigenvalue weighted by Crippen LogP contribution is 2.24. The Bertz CT molecular complexity index is 1170. The number of nitrogens with one attached hydrogen (secondary N) is 2. The largest absolute Gasteiger partial charge is 0.384 e. The summed E-state index contributed by atoms with van der Waals surface area (Å²) in [6, 6.07) is 14.7. The summed E-state index contributed by atoms with van der Waals surface area (Å²) in [5.74, 6) is -0.656. The van der Waals surface area contributed by atoms with E-state index in [9.17, 15) is 9.59 Å². The summed E-state index contributed by atoms with van der Waals surface area (Å²) in [5, 5.41) is 11.8. The van der Waals surface area contributed by atoms with Crippen LogP contribution in [0.5, 0.6) is 0 Å². The first-order valence-electron chi connectivity index (χ1n) is 10.7. The minimum atomic E-state index is -0.485. The van der Waals surface area contributed by atoms with Crippen LogP contribution >= 0.6 is 0 Å². The normalized spacial score (nSPS) is 18.4. The molecule has 1 heterocycles. The molecule has 1 fully saturated rings. The first kappa shape index (κ1) is 21.6. The third-order valence-corrected chi connectivity index (χ3v) is 6.13. The van der Waals surface area contributed by atoms with Gasteiger partial charge in [-0.3, -0.25) is 15.0 Å². The second-order valence-corrected chi connectivity index (χ2v) is 8.45. The van der Waals surface area contributed by atoms with Crippen LogP contribution in [-0.4, -0.2) is 34.3 Å². The van der Waals surface area contributed by atoms with E-state index >= 15 is 0 Å². The van der Waals surface area contributed by atoms with Crippen LogP contribution in [0.3, 0.4) is 0 Å². The van der Waals surface area contributed by atoms with Gasteiger partial charge in [0, 0.05) is 40.7 Å². The number of primary amides is 1. The zero-order chi connectivity index (χ0) is 22.8. The zero-order valence-electron chi connectivity index (χ0n) is 17.8. The van der Waals surface area contributed by atoms with E-state index in [1.54, 1.807) is 18.2 Å². The number of aromatic nitrogens is 1. The molecule has 2 amide bonds. The van der Waals surface area contributed by atoms with Crippen molar-refractivity contribution < 1.29 is 9.59 Å². The molecule has 0 saturated heterocycles. The van der Waals surface area contributed by atoms with Crippen molar-refractivity contribution in [1.29, 1.82) is 5.41 Å². The second kappa shape index (κ2) is 8.84. The summed E-state index contributed by atoms with van der Waals surface area (Å²) in [5.41, 5.74) is 20.3. The Labute approximate surface area is 186 Å². The van der Waals surface area contributed by atoms with Gasteiger partial charge in [-0.2, -0.15) is 0 Å². The maximum Gasteiger partial charge on any atom is 0.268 e. The van der Waals surface area contributed by atoms with Gasteiger partial charge in [-0.15, -0.1) is 0 Å². The van der Waals surface area contributed by atoms with Crippen LogP contribution < -0.4 is 22.5 Å². The Balaban J connectivity index is 1.69. The van der Waals surface area contributed by atoms with Crippen molar-refractivity contribution in [1.82, 2.24) is 9.88 Å². The van der Waals surface area contributed by atoms with Crippen LogP contribution in [-0.2, 0) is 6.54 Å². The molecule has 0 bridgehead atoms. The highest BCUT2D eigenvalue weighted by molar-refractivity contribution is 6.02. The maximum absolute atomic E-state index is 13.2. The lowest BCUT2D eigenvalue weighted by molar-refractivity contribution is 0.0916. The second-order valence-electron chi connectivity index (χ2n) is 8.45. The van der Waals surface area contributed by atoms with Crippen molar-refractivity contribution in [2.75, 3.05) is 0 Å². The van der Waals surface area contributed by atoms with Crippen LogP contribution in [0.15, 0.2) is 48.5 Å². The molecule has 8 heteroatoms. The summed E-state index contributed by atoms with van der Waals surface area (Å²) in [7, 11) is 0. The molecule has 8 nitrogen and oxygen atoms in total. The molecule has 1 saturated carbocycles. The van der Waals surface area contributed by atoms with Gasteiger partial charge in [0.2, 0.25) is 5.91 Å². The lowest BCUT2D eigenvalue weighted by Crippen LogP contribution is -2.41. The molecule has 0 radical (unpaired) electrons. The Kier molecular flexibility index (Phi) is 5.96. The van der Waals surface area contributed by atoms with E-state index in [1.165, 1.54) is 0 Å².